The summed E-state index contributed by atoms with van der Waals surface area (Å²) in [6.07, 6.45) is 6.85. The molecule has 3 heteroatoms. The minimum Gasteiger partial charge on any atom is -0.348 e. The fourth-order valence-electron chi connectivity index (χ4n) is 2.97. The lowest BCUT2D eigenvalue weighted by Crippen LogP contribution is -2.41. The molecule has 2 aliphatic rings. The molecule has 0 aromatic carbocycles. The number of carbonyl (C=O) groups is 1. The maximum absolute atomic E-state index is 11.5. The van der Waals surface area contributed by atoms with Gasteiger partial charge in [0.2, 0.25) is 0 Å². The highest BCUT2D eigenvalue weighted by atomic mass is 16.7. The minimum absolute atomic E-state index is 0.131. The Kier molecular flexibility index (Phi) is 3.84. The Hall–Kier alpha value is -0.410. The molecule has 0 unspecified atom stereocenters. The molecule has 1 aliphatic heterocycles. The van der Waals surface area contributed by atoms with Gasteiger partial charge in [-0.2, -0.15) is 0 Å². The highest BCUT2D eigenvalue weighted by Crippen LogP contribution is 2.47. The number of hydrogen-bond donors (Lipinski definition) is 0. The van der Waals surface area contributed by atoms with E-state index < -0.39 is 0 Å². The Morgan fingerprint density at radius 3 is 2.06 bits per heavy atom. The topological polar surface area (TPSA) is 35.5 Å². The summed E-state index contributed by atoms with van der Waals surface area (Å²) in [7, 11) is 0. The third-order valence-corrected chi connectivity index (χ3v) is 4.44. The Morgan fingerprint density at radius 2 is 1.61 bits per heavy atom. The Bertz CT molecular complexity index is 287. The lowest BCUT2D eigenvalue weighted by Gasteiger charge is -2.41. The molecule has 1 heterocycles. The van der Waals surface area contributed by atoms with Crippen LogP contribution in [0, 0.1) is 10.8 Å². The van der Waals surface area contributed by atoms with Crippen molar-refractivity contribution in [2.75, 3.05) is 13.2 Å². The van der Waals surface area contributed by atoms with E-state index in [1.807, 2.05) is 0 Å². The standard InChI is InChI=1S/C15H26O3/c1-13(2,3)4-5-14(12-16)6-8-15(9-7-14)17-10-11-18-15/h12H,4-11H2,1-3H3. The lowest BCUT2D eigenvalue weighted by molar-refractivity contribution is -0.191. The van der Waals surface area contributed by atoms with Gasteiger partial charge in [0.15, 0.2) is 5.79 Å². The van der Waals surface area contributed by atoms with Gasteiger partial charge in [0.05, 0.1) is 13.2 Å². The number of aldehydes is 1. The molecule has 3 nitrogen and oxygen atoms in total. The average molecular weight is 254 g/mol. The summed E-state index contributed by atoms with van der Waals surface area (Å²) in [4.78, 5) is 11.5. The fraction of sp³-hybridized carbons (Fsp3) is 0.933. The summed E-state index contributed by atoms with van der Waals surface area (Å²) in [5.41, 5.74) is 0.166. The summed E-state index contributed by atoms with van der Waals surface area (Å²) in [5.74, 6) is -0.353. The first-order chi connectivity index (χ1) is 8.39. The van der Waals surface area contributed by atoms with Crippen molar-refractivity contribution in [1.82, 2.24) is 0 Å². The molecule has 0 atom stereocenters. The van der Waals surface area contributed by atoms with E-state index >= 15 is 0 Å². The molecule has 18 heavy (non-hydrogen) atoms. The van der Waals surface area contributed by atoms with Gasteiger partial charge in [0.25, 0.3) is 0 Å². The van der Waals surface area contributed by atoms with Crippen LogP contribution < -0.4 is 0 Å². The molecule has 1 spiro atoms. The molecular weight excluding hydrogens is 228 g/mol. The predicted octanol–water partition coefficient (Wildman–Crippen LogP) is 3.32. The van der Waals surface area contributed by atoms with E-state index in [0.717, 1.165) is 38.5 Å². The Morgan fingerprint density at radius 1 is 1.06 bits per heavy atom. The number of carbonyl (C=O) groups excluding carboxylic acids is 1. The van der Waals surface area contributed by atoms with E-state index in [9.17, 15) is 4.79 Å². The Labute approximate surface area is 110 Å². The summed E-state index contributed by atoms with van der Waals surface area (Å²) < 4.78 is 11.5. The molecule has 0 aromatic rings. The van der Waals surface area contributed by atoms with E-state index in [2.05, 4.69) is 20.8 Å². The molecule has 0 bridgehead atoms. The van der Waals surface area contributed by atoms with Crippen molar-refractivity contribution < 1.29 is 14.3 Å². The van der Waals surface area contributed by atoms with Crippen LogP contribution in [0.4, 0.5) is 0 Å². The SMILES string of the molecule is CC(C)(C)CCC1(C=O)CCC2(CC1)OCCO2. The second-order valence-corrected chi connectivity index (χ2v) is 7.15. The van der Waals surface area contributed by atoms with Gasteiger partial charge in [-0.3, -0.25) is 0 Å². The molecule has 0 N–H and O–H groups in total. The molecule has 0 radical (unpaired) electrons. The van der Waals surface area contributed by atoms with Crippen LogP contribution in [0.1, 0.15) is 59.3 Å². The average Bonchev–Trinajstić information content (AvgIpc) is 2.77. The fourth-order valence-corrected chi connectivity index (χ4v) is 2.97. The zero-order valence-electron chi connectivity index (χ0n) is 12.0. The van der Waals surface area contributed by atoms with Crippen molar-refractivity contribution in [1.29, 1.82) is 0 Å². The van der Waals surface area contributed by atoms with Crippen LogP contribution in [0.3, 0.4) is 0 Å². The van der Waals surface area contributed by atoms with E-state index in [0.29, 0.717) is 18.6 Å². The van der Waals surface area contributed by atoms with Crippen molar-refractivity contribution in [3.63, 3.8) is 0 Å². The van der Waals surface area contributed by atoms with E-state index in [1.165, 1.54) is 6.29 Å². The first-order valence-corrected chi connectivity index (χ1v) is 7.13. The van der Waals surface area contributed by atoms with Crippen molar-refractivity contribution >= 4 is 6.29 Å². The zero-order chi connectivity index (χ0) is 13.3. The van der Waals surface area contributed by atoms with Gasteiger partial charge >= 0.3 is 0 Å². The van der Waals surface area contributed by atoms with E-state index in [4.69, 9.17) is 9.47 Å². The highest BCUT2D eigenvalue weighted by molar-refractivity contribution is 5.59. The van der Waals surface area contributed by atoms with Gasteiger partial charge in [-0.05, 0) is 31.1 Å². The van der Waals surface area contributed by atoms with E-state index in [1.54, 1.807) is 0 Å². The second-order valence-electron chi connectivity index (χ2n) is 7.15. The van der Waals surface area contributed by atoms with Crippen LogP contribution in [0.2, 0.25) is 0 Å². The summed E-state index contributed by atoms with van der Waals surface area (Å²) in [6.45, 7) is 8.11. The van der Waals surface area contributed by atoms with Crippen LogP contribution in [0.25, 0.3) is 0 Å². The minimum atomic E-state index is -0.353. The van der Waals surface area contributed by atoms with Crippen molar-refractivity contribution in [3.8, 4) is 0 Å². The monoisotopic (exact) mass is 254 g/mol. The van der Waals surface area contributed by atoms with Gasteiger partial charge in [-0.25, -0.2) is 0 Å². The van der Waals surface area contributed by atoms with Crippen LogP contribution in [0.5, 0.6) is 0 Å². The molecule has 104 valence electrons. The third-order valence-electron chi connectivity index (χ3n) is 4.44. The molecule has 2 rings (SSSR count). The molecule has 1 saturated heterocycles. The summed E-state index contributed by atoms with van der Waals surface area (Å²) >= 11 is 0. The summed E-state index contributed by atoms with van der Waals surface area (Å²) in [5, 5.41) is 0. The first kappa shape index (κ1) is 14.0. The van der Waals surface area contributed by atoms with Crippen molar-refractivity contribution in [2.24, 2.45) is 10.8 Å². The smallest absolute Gasteiger partial charge is 0.168 e. The largest absolute Gasteiger partial charge is 0.348 e. The maximum Gasteiger partial charge on any atom is 0.168 e. The molecule has 0 amide bonds. The van der Waals surface area contributed by atoms with Gasteiger partial charge in [0.1, 0.15) is 6.29 Å². The zero-order valence-corrected chi connectivity index (χ0v) is 12.0. The molecule has 0 aromatic heterocycles. The number of rotatable bonds is 3. The van der Waals surface area contributed by atoms with Gasteiger partial charge < -0.3 is 14.3 Å². The number of hydrogen-bond acceptors (Lipinski definition) is 3. The highest BCUT2D eigenvalue weighted by Gasteiger charge is 2.46. The first-order valence-electron chi connectivity index (χ1n) is 7.13. The van der Waals surface area contributed by atoms with Crippen LogP contribution in [-0.4, -0.2) is 25.3 Å². The lowest BCUT2D eigenvalue weighted by atomic mass is 9.68. The normalized spacial score (nSPS) is 26.4. The van der Waals surface area contributed by atoms with Gasteiger partial charge in [-0.1, -0.05) is 20.8 Å². The second kappa shape index (κ2) is 4.93. The molecule has 1 aliphatic carbocycles. The maximum atomic E-state index is 11.5. The molecule has 1 saturated carbocycles. The third kappa shape index (κ3) is 3.12. The van der Waals surface area contributed by atoms with Crippen LogP contribution in [0.15, 0.2) is 0 Å². The molecule has 2 fully saturated rings. The Balaban J connectivity index is 1.93. The number of ether oxygens (including phenoxy) is 2. The summed E-state index contributed by atoms with van der Waals surface area (Å²) in [6, 6.07) is 0. The van der Waals surface area contributed by atoms with Crippen LogP contribution >= 0.6 is 0 Å². The van der Waals surface area contributed by atoms with E-state index in [-0.39, 0.29) is 11.2 Å². The quantitative estimate of drug-likeness (QED) is 0.725. The molecular formula is C15H26O3. The van der Waals surface area contributed by atoms with Gasteiger partial charge in [-0.15, -0.1) is 0 Å². The van der Waals surface area contributed by atoms with Crippen molar-refractivity contribution in [3.05, 3.63) is 0 Å². The van der Waals surface area contributed by atoms with Gasteiger partial charge in [0, 0.05) is 18.3 Å². The van der Waals surface area contributed by atoms with Crippen LogP contribution in [-0.2, 0) is 14.3 Å². The predicted molar refractivity (Wildman–Crippen MR) is 70.3 cm³/mol. The van der Waals surface area contributed by atoms with Crippen molar-refractivity contribution in [2.45, 2.75) is 65.1 Å².